The molecule has 17 heavy (non-hydrogen) atoms. The van der Waals surface area contributed by atoms with Crippen LogP contribution in [0, 0.1) is 0 Å². The van der Waals surface area contributed by atoms with Gasteiger partial charge >= 0.3 is 0 Å². The Morgan fingerprint density at radius 2 is 2.24 bits per heavy atom. The van der Waals surface area contributed by atoms with Crippen LogP contribution in [0.1, 0.15) is 30.3 Å². The molecular weight excluding hydrogens is 238 g/mol. The topological polar surface area (TPSA) is 56.2 Å². The van der Waals surface area contributed by atoms with Gasteiger partial charge in [0.25, 0.3) is 0 Å². The van der Waals surface area contributed by atoms with Gasteiger partial charge in [-0.05, 0) is 37.6 Å². The van der Waals surface area contributed by atoms with E-state index < -0.39 is 0 Å². The first-order chi connectivity index (χ1) is 8.06. The molecule has 0 fully saturated rings. The van der Waals surface area contributed by atoms with Gasteiger partial charge < -0.3 is 10.2 Å². The van der Waals surface area contributed by atoms with Crippen molar-refractivity contribution in [3.05, 3.63) is 35.0 Å². The molecule has 0 saturated heterocycles. The van der Waals surface area contributed by atoms with Gasteiger partial charge in [0.1, 0.15) is 5.58 Å². The van der Waals surface area contributed by atoms with Crippen LogP contribution in [0.15, 0.2) is 28.7 Å². The van der Waals surface area contributed by atoms with Gasteiger partial charge in [-0.2, -0.15) is 0 Å². The molecule has 1 atom stereocenters. The second kappa shape index (κ2) is 4.90. The molecule has 0 bridgehead atoms. The number of fused-ring (bicyclic) bond motifs is 1. The number of furan rings is 1. The summed E-state index contributed by atoms with van der Waals surface area (Å²) in [6.07, 6.45) is 1.07. The zero-order chi connectivity index (χ0) is 12.4. The van der Waals surface area contributed by atoms with Crippen LogP contribution in [0.25, 0.3) is 11.0 Å². The standard InChI is InChI=1S/C13H14ClNO2/c1-8(15)2-4-11(16)13-7-9-6-10(14)3-5-12(9)17-13/h3,5-8H,2,4,15H2,1H3. The van der Waals surface area contributed by atoms with E-state index >= 15 is 0 Å². The second-order valence-corrected chi connectivity index (χ2v) is 4.67. The van der Waals surface area contributed by atoms with Crippen LogP contribution in [-0.4, -0.2) is 11.8 Å². The molecule has 1 aromatic carbocycles. The van der Waals surface area contributed by atoms with E-state index in [2.05, 4.69) is 0 Å². The van der Waals surface area contributed by atoms with E-state index in [0.717, 1.165) is 5.39 Å². The van der Waals surface area contributed by atoms with Crippen LogP contribution in [0.4, 0.5) is 0 Å². The third-order valence-electron chi connectivity index (χ3n) is 2.58. The highest BCUT2D eigenvalue weighted by molar-refractivity contribution is 6.31. The molecule has 0 spiro atoms. The van der Waals surface area contributed by atoms with Crippen molar-refractivity contribution < 1.29 is 9.21 Å². The summed E-state index contributed by atoms with van der Waals surface area (Å²) in [5, 5.41) is 1.48. The molecule has 1 aromatic heterocycles. The summed E-state index contributed by atoms with van der Waals surface area (Å²) in [5.74, 6) is 0.359. The van der Waals surface area contributed by atoms with Gasteiger partial charge in [0.2, 0.25) is 0 Å². The Morgan fingerprint density at radius 1 is 1.47 bits per heavy atom. The summed E-state index contributed by atoms with van der Waals surface area (Å²) in [6, 6.07) is 7.04. The van der Waals surface area contributed by atoms with Crippen molar-refractivity contribution in [2.24, 2.45) is 5.73 Å². The SMILES string of the molecule is CC(N)CCC(=O)c1cc2cc(Cl)ccc2o1. The summed E-state index contributed by atoms with van der Waals surface area (Å²) in [6.45, 7) is 1.88. The van der Waals surface area contributed by atoms with Gasteiger partial charge in [0, 0.05) is 22.9 Å². The molecule has 2 aromatic rings. The number of hydrogen-bond donors (Lipinski definition) is 1. The summed E-state index contributed by atoms with van der Waals surface area (Å²) < 4.78 is 5.47. The minimum absolute atomic E-state index is 0.0189. The van der Waals surface area contributed by atoms with E-state index in [1.54, 1.807) is 24.3 Å². The lowest BCUT2D eigenvalue weighted by Gasteiger charge is -2.01. The molecule has 1 unspecified atom stereocenters. The number of nitrogens with two attached hydrogens (primary N) is 1. The first-order valence-electron chi connectivity index (χ1n) is 5.54. The van der Waals surface area contributed by atoms with Crippen LogP contribution >= 0.6 is 11.6 Å². The average molecular weight is 252 g/mol. The van der Waals surface area contributed by atoms with Crippen molar-refractivity contribution in [3.63, 3.8) is 0 Å². The first kappa shape index (κ1) is 12.1. The van der Waals surface area contributed by atoms with Crippen molar-refractivity contribution >= 4 is 28.4 Å². The number of carbonyl (C=O) groups is 1. The Hall–Kier alpha value is -1.32. The number of benzene rings is 1. The maximum absolute atomic E-state index is 11.8. The Bertz CT molecular complexity index is 545. The van der Waals surface area contributed by atoms with Gasteiger partial charge in [0.15, 0.2) is 11.5 Å². The van der Waals surface area contributed by atoms with Crippen molar-refractivity contribution in [2.75, 3.05) is 0 Å². The molecule has 0 amide bonds. The lowest BCUT2D eigenvalue weighted by atomic mass is 10.1. The van der Waals surface area contributed by atoms with Crippen LogP contribution in [0.3, 0.4) is 0 Å². The van der Waals surface area contributed by atoms with E-state index in [0.29, 0.717) is 29.2 Å². The quantitative estimate of drug-likeness (QED) is 0.848. The highest BCUT2D eigenvalue weighted by atomic mass is 35.5. The molecule has 3 nitrogen and oxygen atoms in total. The minimum Gasteiger partial charge on any atom is -0.453 e. The predicted molar refractivity (Wildman–Crippen MR) is 68.4 cm³/mol. The van der Waals surface area contributed by atoms with Gasteiger partial charge in [-0.3, -0.25) is 4.79 Å². The van der Waals surface area contributed by atoms with Crippen LogP contribution in [0.2, 0.25) is 5.02 Å². The van der Waals surface area contributed by atoms with Gasteiger partial charge in [0.05, 0.1) is 0 Å². The highest BCUT2D eigenvalue weighted by Crippen LogP contribution is 2.24. The highest BCUT2D eigenvalue weighted by Gasteiger charge is 2.12. The third-order valence-corrected chi connectivity index (χ3v) is 2.82. The molecule has 2 rings (SSSR count). The lowest BCUT2D eigenvalue weighted by Crippen LogP contribution is -2.16. The molecule has 2 N–H and O–H groups in total. The summed E-state index contributed by atoms with van der Waals surface area (Å²) in [7, 11) is 0. The Labute approximate surface area is 105 Å². The molecule has 0 saturated carbocycles. The van der Waals surface area contributed by atoms with Crippen LogP contribution < -0.4 is 5.73 Å². The smallest absolute Gasteiger partial charge is 0.198 e. The fourth-order valence-corrected chi connectivity index (χ4v) is 1.81. The minimum atomic E-state index is -0.0189. The lowest BCUT2D eigenvalue weighted by molar-refractivity contribution is 0.0953. The van der Waals surface area contributed by atoms with Gasteiger partial charge in [-0.15, -0.1) is 0 Å². The zero-order valence-electron chi connectivity index (χ0n) is 9.57. The number of Topliss-reactive ketones (excluding diaryl/α,β-unsaturated/α-hetero) is 1. The molecule has 0 aliphatic rings. The fraction of sp³-hybridized carbons (Fsp3) is 0.308. The Kier molecular flexibility index (Phi) is 3.50. The normalized spacial score (nSPS) is 12.9. The number of carbonyl (C=O) groups excluding carboxylic acids is 1. The number of rotatable bonds is 4. The summed E-state index contributed by atoms with van der Waals surface area (Å²) >= 11 is 5.87. The predicted octanol–water partition coefficient (Wildman–Crippen LogP) is 3.40. The molecule has 0 radical (unpaired) electrons. The molecule has 1 heterocycles. The first-order valence-corrected chi connectivity index (χ1v) is 5.92. The van der Waals surface area contributed by atoms with E-state index in [1.807, 2.05) is 6.92 Å². The average Bonchev–Trinajstić information content (AvgIpc) is 2.68. The van der Waals surface area contributed by atoms with Crippen molar-refractivity contribution in [2.45, 2.75) is 25.8 Å². The van der Waals surface area contributed by atoms with Crippen molar-refractivity contribution in [1.82, 2.24) is 0 Å². The van der Waals surface area contributed by atoms with E-state index in [1.165, 1.54) is 0 Å². The molecule has 4 heteroatoms. The Balaban J connectivity index is 2.21. The van der Waals surface area contributed by atoms with Crippen molar-refractivity contribution in [3.8, 4) is 0 Å². The maximum atomic E-state index is 11.8. The van der Waals surface area contributed by atoms with E-state index in [-0.39, 0.29) is 11.8 Å². The maximum Gasteiger partial charge on any atom is 0.198 e. The van der Waals surface area contributed by atoms with Gasteiger partial charge in [-0.25, -0.2) is 0 Å². The third kappa shape index (κ3) is 2.87. The van der Waals surface area contributed by atoms with Gasteiger partial charge in [-0.1, -0.05) is 11.6 Å². The number of hydrogen-bond acceptors (Lipinski definition) is 3. The van der Waals surface area contributed by atoms with E-state index in [9.17, 15) is 4.79 Å². The molecule has 90 valence electrons. The molecular formula is C13H14ClNO2. The monoisotopic (exact) mass is 251 g/mol. The molecule has 0 aliphatic heterocycles. The molecule has 0 aliphatic carbocycles. The zero-order valence-corrected chi connectivity index (χ0v) is 10.3. The second-order valence-electron chi connectivity index (χ2n) is 4.23. The van der Waals surface area contributed by atoms with Crippen LogP contribution in [0.5, 0.6) is 0 Å². The van der Waals surface area contributed by atoms with E-state index in [4.69, 9.17) is 21.8 Å². The fourth-order valence-electron chi connectivity index (χ4n) is 1.63. The number of halogens is 1. The van der Waals surface area contributed by atoms with Crippen LogP contribution in [-0.2, 0) is 0 Å². The largest absolute Gasteiger partial charge is 0.453 e. The Morgan fingerprint density at radius 3 is 2.94 bits per heavy atom. The summed E-state index contributed by atoms with van der Waals surface area (Å²) in [5.41, 5.74) is 6.29. The summed E-state index contributed by atoms with van der Waals surface area (Å²) in [4.78, 5) is 11.8. The van der Waals surface area contributed by atoms with Crippen molar-refractivity contribution in [1.29, 1.82) is 0 Å². The number of ketones is 1.